The largest absolute Gasteiger partial charge is 0.299 e. The molecule has 2 aliphatic rings. The lowest BCUT2D eigenvalue weighted by atomic mass is 10.0. The molecule has 0 aliphatic heterocycles. The molecule has 0 saturated heterocycles. The summed E-state index contributed by atoms with van der Waals surface area (Å²) < 4.78 is 60.4. The molecule has 0 amide bonds. The van der Waals surface area contributed by atoms with Gasteiger partial charge in [0.05, 0.1) is 34.2 Å². The Bertz CT molecular complexity index is 1850. The van der Waals surface area contributed by atoms with Gasteiger partial charge in [0, 0.05) is 29.1 Å². The number of hydrogen-bond acceptors (Lipinski definition) is 4. The van der Waals surface area contributed by atoms with E-state index in [1.807, 2.05) is 29.0 Å². The first kappa shape index (κ1) is 25.0. The van der Waals surface area contributed by atoms with Crippen molar-refractivity contribution in [2.75, 3.05) is 4.72 Å². The molecule has 1 N–H and O–H groups in total. The van der Waals surface area contributed by atoms with Gasteiger partial charge >= 0.3 is 0 Å². The highest BCUT2D eigenvalue weighted by Gasteiger charge is 2.35. The summed E-state index contributed by atoms with van der Waals surface area (Å²) in [4.78, 5) is 4.61. The Balaban J connectivity index is 1.28. The van der Waals surface area contributed by atoms with Crippen molar-refractivity contribution < 1.29 is 17.2 Å². The molecule has 0 atom stereocenters. The minimum absolute atomic E-state index is 0.168. The van der Waals surface area contributed by atoms with Gasteiger partial charge in [-0.05, 0) is 79.3 Å². The fourth-order valence-electron chi connectivity index (χ4n) is 5.57. The zero-order valence-electron chi connectivity index (χ0n) is 21.6. The third-order valence-corrected chi connectivity index (χ3v) is 9.71. The first-order valence-electron chi connectivity index (χ1n) is 13.5. The van der Waals surface area contributed by atoms with Crippen LogP contribution in [0.5, 0.6) is 0 Å². The molecule has 2 saturated carbocycles. The minimum atomic E-state index is -3.56. The molecule has 7 nitrogen and oxygen atoms in total. The van der Waals surface area contributed by atoms with Crippen LogP contribution in [0.1, 0.15) is 44.6 Å². The molecule has 2 aromatic heterocycles. The van der Waals surface area contributed by atoms with Crippen LogP contribution in [-0.2, 0) is 10.0 Å². The zero-order chi connectivity index (χ0) is 27.4. The van der Waals surface area contributed by atoms with E-state index in [1.165, 1.54) is 25.0 Å². The summed E-state index contributed by atoms with van der Waals surface area (Å²) >= 11 is 0. The maximum Gasteiger partial charge on any atom is 0.235 e. The van der Waals surface area contributed by atoms with Crippen LogP contribution >= 0.6 is 0 Å². The number of fused-ring (bicyclic) bond motifs is 1. The lowest BCUT2D eigenvalue weighted by Crippen LogP contribution is -2.17. The van der Waals surface area contributed by atoms with Gasteiger partial charge in [-0.3, -0.25) is 14.0 Å². The Hall–Kier alpha value is -4.05. The average Bonchev–Trinajstić information content (AvgIpc) is 3.30. The normalized spacial score (nSPS) is 16.1. The van der Waals surface area contributed by atoms with Crippen molar-refractivity contribution in [1.82, 2.24) is 19.3 Å². The zero-order valence-corrected chi connectivity index (χ0v) is 22.4. The van der Waals surface area contributed by atoms with Gasteiger partial charge in [-0.25, -0.2) is 22.2 Å². The van der Waals surface area contributed by atoms with Crippen molar-refractivity contribution >= 4 is 26.7 Å². The van der Waals surface area contributed by atoms with Gasteiger partial charge in [-0.15, -0.1) is 0 Å². The molecule has 0 spiro atoms. The second kappa shape index (κ2) is 9.55. The number of rotatable bonds is 7. The lowest BCUT2D eigenvalue weighted by Gasteiger charge is -2.14. The van der Waals surface area contributed by atoms with E-state index in [-0.39, 0.29) is 5.56 Å². The summed E-state index contributed by atoms with van der Waals surface area (Å²) in [5, 5.41) is 4.17. The molecular weight excluding hydrogens is 532 g/mol. The molecule has 3 aromatic carbocycles. The van der Waals surface area contributed by atoms with E-state index in [1.54, 1.807) is 24.5 Å². The van der Waals surface area contributed by atoms with Crippen molar-refractivity contribution in [2.45, 2.75) is 49.8 Å². The molecular formula is C30H27F2N5O2S. The highest BCUT2D eigenvalue weighted by Crippen LogP contribution is 2.35. The van der Waals surface area contributed by atoms with Crippen LogP contribution in [0.25, 0.3) is 39.0 Å². The number of aromatic nitrogens is 4. The van der Waals surface area contributed by atoms with E-state index in [4.69, 9.17) is 0 Å². The standard InChI is InChI=1S/C30H27F2N5O2S/c31-22-6-9-27(28(32)14-22)20-11-23(35-40(38,39)26-7-8-26)15-25(12-20)36-18-33-29-13-19(5-10-30(29)36)21-16-34-37(17-21)24-3-1-2-4-24/h5-6,9-18,24,26,35H,1-4,7-8H2. The Morgan fingerprint density at radius 2 is 1.70 bits per heavy atom. The average molecular weight is 560 g/mol. The second-order valence-electron chi connectivity index (χ2n) is 10.7. The van der Waals surface area contributed by atoms with E-state index in [9.17, 15) is 17.2 Å². The Morgan fingerprint density at radius 3 is 2.48 bits per heavy atom. The SMILES string of the molecule is O=S(=O)(Nc1cc(-c2ccc(F)cc2F)cc(-n2cnc3cc(-c4cnn(C5CCCC5)c4)ccc32)c1)C1CC1. The summed E-state index contributed by atoms with van der Waals surface area (Å²) in [6.07, 6.45) is 11.7. The van der Waals surface area contributed by atoms with Crippen molar-refractivity contribution in [3.63, 3.8) is 0 Å². The number of nitrogens with zero attached hydrogens (tertiary/aromatic N) is 4. The number of anilines is 1. The number of halogens is 2. The third kappa shape index (κ3) is 4.66. The van der Waals surface area contributed by atoms with E-state index < -0.39 is 26.9 Å². The van der Waals surface area contributed by atoms with Gasteiger partial charge in [0.25, 0.3) is 0 Å². The predicted octanol–water partition coefficient (Wildman–Crippen LogP) is 6.85. The first-order valence-corrected chi connectivity index (χ1v) is 15.0. The van der Waals surface area contributed by atoms with E-state index in [0.717, 1.165) is 41.1 Å². The van der Waals surface area contributed by atoms with Crippen LogP contribution in [-0.4, -0.2) is 33.0 Å². The van der Waals surface area contributed by atoms with Gasteiger partial charge < -0.3 is 0 Å². The summed E-state index contributed by atoms with van der Waals surface area (Å²) in [6.45, 7) is 0. The molecule has 0 bridgehead atoms. The van der Waals surface area contributed by atoms with Crippen molar-refractivity contribution in [3.8, 4) is 27.9 Å². The monoisotopic (exact) mass is 559 g/mol. The van der Waals surface area contributed by atoms with Crippen LogP contribution in [0.4, 0.5) is 14.5 Å². The molecule has 2 heterocycles. The van der Waals surface area contributed by atoms with Gasteiger partial charge in [-0.1, -0.05) is 18.9 Å². The predicted molar refractivity (Wildman–Crippen MR) is 151 cm³/mol. The fourth-order valence-corrected chi connectivity index (χ4v) is 6.94. The number of benzene rings is 3. The van der Waals surface area contributed by atoms with Gasteiger partial charge in [0.1, 0.15) is 18.0 Å². The fraction of sp³-hybridized carbons (Fsp3) is 0.267. The molecule has 0 radical (unpaired) electrons. The quantitative estimate of drug-likeness (QED) is 0.236. The first-order chi connectivity index (χ1) is 19.3. The van der Waals surface area contributed by atoms with Gasteiger partial charge in [-0.2, -0.15) is 5.10 Å². The number of imidazole rings is 1. The molecule has 40 heavy (non-hydrogen) atoms. The van der Waals surface area contributed by atoms with Crippen LogP contribution in [0.15, 0.2) is 73.3 Å². The Labute approximate surface area is 230 Å². The molecule has 2 aliphatic carbocycles. The summed E-state index contributed by atoms with van der Waals surface area (Å²) in [5.74, 6) is -1.41. The molecule has 204 valence electrons. The van der Waals surface area contributed by atoms with Crippen LogP contribution < -0.4 is 4.72 Å². The lowest BCUT2D eigenvalue weighted by molar-refractivity contribution is 0.467. The topological polar surface area (TPSA) is 81.8 Å². The van der Waals surface area contributed by atoms with E-state index >= 15 is 0 Å². The summed E-state index contributed by atoms with van der Waals surface area (Å²) in [6, 6.07) is 14.8. The summed E-state index contributed by atoms with van der Waals surface area (Å²) in [5.41, 5.74) is 5.07. The number of nitrogens with one attached hydrogen (secondary N) is 1. The number of hydrogen-bond donors (Lipinski definition) is 1. The maximum absolute atomic E-state index is 14.8. The molecule has 0 unspecified atom stereocenters. The molecule has 2 fully saturated rings. The molecule has 10 heteroatoms. The molecule has 5 aromatic rings. The maximum atomic E-state index is 14.8. The third-order valence-electron chi connectivity index (χ3n) is 7.84. The minimum Gasteiger partial charge on any atom is -0.299 e. The van der Waals surface area contributed by atoms with Gasteiger partial charge in [0.15, 0.2) is 0 Å². The van der Waals surface area contributed by atoms with Crippen LogP contribution in [0, 0.1) is 11.6 Å². The highest BCUT2D eigenvalue weighted by atomic mass is 32.2. The van der Waals surface area contributed by atoms with Gasteiger partial charge in [0.2, 0.25) is 10.0 Å². The molecule has 7 rings (SSSR count). The van der Waals surface area contributed by atoms with Crippen LogP contribution in [0.3, 0.4) is 0 Å². The number of sulfonamides is 1. The van der Waals surface area contributed by atoms with Crippen molar-refractivity contribution in [2.24, 2.45) is 0 Å². The summed E-state index contributed by atoms with van der Waals surface area (Å²) in [7, 11) is -3.56. The highest BCUT2D eigenvalue weighted by molar-refractivity contribution is 7.93. The van der Waals surface area contributed by atoms with Crippen molar-refractivity contribution in [1.29, 1.82) is 0 Å². The smallest absolute Gasteiger partial charge is 0.235 e. The van der Waals surface area contributed by atoms with Crippen molar-refractivity contribution in [3.05, 3.63) is 85.0 Å². The van der Waals surface area contributed by atoms with E-state index in [2.05, 4.69) is 25.7 Å². The Morgan fingerprint density at radius 1 is 0.875 bits per heavy atom. The Kier molecular flexibility index (Phi) is 5.96. The second-order valence-corrected chi connectivity index (χ2v) is 12.7. The van der Waals surface area contributed by atoms with Crippen LogP contribution in [0.2, 0.25) is 0 Å². The van der Waals surface area contributed by atoms with E-state index in [0.29, 0.717) is 35.8 Å².